The van der Waals surface area contributed by atoms with Crippen molar-refractivity contribution in [2.24, 2.45) is 17.3 Å². The summed E-state index contributed by atoms with van der Waals surface area (Å²) < 4.78 is 12.0. The molecule has 4 aliphatic rings. The Balaban J connectivity index is 0.000000124. The zero-order valence-electron chi connectivity index (χ0n) is 31.5. The largest absolute Gasteiger partial charge is 0.510 e. The van der Waals surface area contributed by atoms with Gasteiger partial charge in [0.15, 0.2) is 11.2 Å². The Labute approximate surface area is 328 Å². The molecule has 2 fully saturated rings. The molecule has 2 aliphatic heterocycles. The van der Waals surface area contributed by atoms with E-state index in [1.165, 1.54) is 38.5 Å². The number of benzene rings is 4. The predicted molar refractivity (Wildman–Crippen MR) is 216 cm³/mol. The summed E-state index contributed by atoms with van der Waals surface area (Å²) in [6, 6.07) is 28.8. The quantitative estimate of drug-likeness (QED) is 0.161. The van der Waals surface area contributed by atoms with Crippen LogP contribution in [-0.4, -0.2) is 23.9 Å². The van der Waals surface area contributed by atoms with E-state index in [1.54, 1.807) is 5.92 Å². The van der Waals surface area contributed by atoms with Gasteiger partial charge in [-0.3, -0.25) is 0 Å². The number of fused-ring (bicyclic) bond motifs is 6. The Morgan fingerprint density at radius 3 is 1.64 bits per heavy atom. The molecular formula is C46H50IrN4O2-4. The average molecular weight is 883 g/mol. The average Bonchev–Trinajstić information content (AvgIpc) is 3.98. The van der Waals surface area contributed by atoms with Crippen LogP contribution in [0.1, 0.15) is 59.3 Å². The molecule has 0 bridgehead atoms. The van der Waals surface area contributed by atoms with Crippen LogP contribution in [0.25, 0.3) is 43.9 Å². The van der Waals surface area contributed by atoms with Gasteiger partial charge in [-0.25, -0.2) is 0 Å². The second kappa shape index (κ2) is 15.7. The fourth-order valence-electron chi connectivity index (χ4n) is 8.59. The normalized spacial score (nSPS) is 22.8. The van der Waals surface area contributed by atoms with Crippen LogP contribution in [0, 0.1) is 42.9 Å². The van der Waals surface area contributed by atoms with E-state index >= 15 is 0 Å². The summed E-state index contributed by atoms with van der Waals surface area (Å²) >= 11 is 0. The standard InChI is InChI=1S/2C16H13N2O.C14H24.Ir/c2*1-17-9-10-18(11-17)14-7-4-6-13-12-5-2-3-8-15(12)19-16(13)14;1-11-6-8-14(9-11)7-4-5-12(2)13(3)10-14;/h2*2-11H,1H3;8,11,13H,4-7,9-10H2,1-3H3;/q2*-1;-2;. The Morgan fingerprint density at radius 1 is 0.660 bits per heavy atom. The smallest absolute Gasteiger partial charge is 0.156 e. The number of nitrogens with zero attached hydrogens (tertiary/aromatic N) is 4. The van der Waals surface area contributed by atoms with Crippen molar-refractivity contribution in [2.45, 2.75) is 59.3 Å². The SMILES string of the molecule is CN1C=CN(c2cccc3c2oc2ccccc23)[CH-]1.CN1C=CN(c2cccc3c2oc2ccccc23)[CH-]1.C[C-]1CCCC2([CH-]CC(C)C2)CC1C.[Ir]. The monoisotopic (exact) mass is 883 g/mol. The molecule has 4 heterocycles. The summed E-state index contributed by atoms with van der Waals surface area (Å²) in [7, 11) is 4.02. The fraction of sp³-hybridized carbons (Fsp3) is 0.304. The van der Waals surface area contributed by atoms with E-state index in [0.717, 1.165) is 67.1 Å². The van der Waals surface area contributed by atoms with Crippen LogP contribution in [0.15, 0.2) is 119 Å². The molecule has 6 nitrogen and oxygen atoms in total. The van der Waals surface area contributed by atoms with Gasteiger partial charge < -0.3 is 40.8 Å². The Bertz CT molecular complexity index is 2100. The molecule has 2 aliphatic carbocycles. The molecule has 279 valence electrons. The molecule has 0 saturated heterocycles. The van der Waals surface area contributed by atoms with Gasteiger partial charge in [0.2, 0.25) is 0 Å². The maximum absolute atomic E-state index is 6.02. The summed E-state index contributed by atoms with van der Waals surface area (Å²) in [6.07, 6.45) is 19.3. The predicted octanol–water partition coefficient (Wildman–Crippen LogP) is 12.3. The fourth-order valence-corrected chi connectivity index (χ4v) is 8.59. The van der Waals surface area contributed by atoms with Crippen LogP contribution in [0.4, 0.5) is 11.4 Å². The van der Waals surface area contributed by atoms with Crippen molar-refractivity contribution in [3.05, 3.63) is 135 Å². The van der Waals surface area contributed by atoms with Gasteiger partial charge in [-0.1, -0.05) is 106 Å². The molecule has 3 unspecified atom stereocenters. The number of hydrogen-bond acceptors (Lipinski definition) is 6. The van der Waals surface area contributed by atoms with Gasteiger partial charge in [0, 0.05) is 41.7 Å². The molecule has 1 spiro atoms. The first-order valence-electron chi connectivity index (χ1n) is 18.8. The van der Waals surface area contributed by atoms with Crippen molar-refractivity contribution < 1.29 is 28.9 Å². The van der Waals surface area contributed by atoms with Crippen LogP contribution < -0.4 is 9.80 Å². The summed E-state index contributed by atoms with van der Waals surface area (Å²) in [5, 5.41) is 4.64. The molecule has 1 radical (unpaired) electrons. The topological polar surface area (TPSA) is 39.2 Å². The summed E-state index contributed by atoms with van der Waals surface area (Å²) in [4.78, 5) is 8.18. The number of para-hydroxylation sites is 4. The van der Waals surface area contributed by atoms with Crippen LogP contribution >= 0.6 is 0 Å². The Morgan fingerprint density at radius 2 is 1.17 bits per heavy atom. The third-order valence-electron chi connectivity index (χ3n) is 11.4. The third-order valence-corrected chi connectivity index (χ3v) is 11.4. The van der Waals surface area contributed by atoms with Gasteiger partial charge in [0.1, 0.15) is 11.2 Å². The first-order valence-corrected chi connectivity index (χ1v) is 18.8. The van der Waals surface area contributed by atoms with Crippen molar-refractivity contribution in [1.82, 2.24) is 9.80 Å². The van der Waals surface area contributed by atoms with Crippen LogP contribution in [-0.2, 0) is 20.1 Å². The number of anilines is 2. The van der Waals surface area contributed by atoms with Crippen LogP contribution in [0.5, 0.6) is 0 Å². The van der Waals surface area contributed by atoms with E-state index in [1.807, 2.05) is 98.4 Å². The molecule has 0 N–H and O–H groups in total. The van der Waals surface area contributed by atoms with Gasteiger partial charge in [-0.05, 0) is 63.2 Å². The minimum absolute atomic E-state index is 0. The van der Waals surface area contributed by atoms with Gasteiger partial charge >= 0.3 is 0 Å². The number of furan rings is 2. The number of rotatable bonds is 2. The van der Waals surface area contributed by atoms with E-state index < -0.39 is 0 Å². The molecule has 6 aromatic rings. The zero-order chi connectivity index (χ0) is 35.8. The van der Waals surface area contributed by atoms with Crippen molar-refractivity contribution in [2.75, 3.05) is 23.9 Å². The van der Waals surface area contributed by atoms with Crippen molar-refractivity contribution in [1.29, 1.82) is 0 Å². The minimum atomic E-state index is 0. The van der Waals surface area contributed by atoms with E-state index in [2.05, 4.69) is 85.5 Å². The van der Waals surface area contributed by atoms with Crippen molar-refractivity contribution in [3.63, 3.8) is 0 Å². The van der Waals surface area contributed by atoms with Crippen molar-refractivity contribution in [3.8, 4) is 0 Å². The maximum Gasteiger partial charge on any atom is 0.156 e. The molecule has 2 aromatic heterocycles. The first kappa shape index (κ1) is 37.1. The molecule has 4 aromatic carbocycles. The zero-order valence-corrected chi connectivity index (χ0v) is 33.9. The van der Waals surface area contributed by atoms with Crippen molar-refractivity contribution >= 4 is 55.3 Å². The van der Waals surface area contributed by atoms with E-state index in [0.29, 0.717) is 5.41 Å². The summed E-state index contributed by atoms with van der Waals surface area (Å²) in [5.74, 6) is 3.55. The summed E-state index contributed by atoms with van der Waals surface area (Å²) in [5.41, 5.74) is 6.49. The van der Waals surface area contributed by atoms with Gasteiger partial charge in [-0.15, -0.1) is 0 Å². The molecule has 10 rings (SSSR count). The van der Waals surface area contributed by atoms with Gasteiger partial charge in [0.05, 0.1) is 11.4 Å². The second-order valence-electron chi connectivity index (χ2n) is 15.4. The van der Waals surface area contributed by atoms with Gasteiger partial charge in [-0.2, -0.15) is 44.4 Å². The molecule has 7 heteroatoms. The Kier molecular flexibility index (Phi) is 11.0. The van der Waals surface area contributed by atoms with Gasteiger partial charge in [0.25, 0.3) is 0 Å². The van der Waals surface area contributed by atoms with E-state index in [4.69, 9.17) is 8.83 Å². The van der Waals surface area contributed by atoms with E-state index in [9.17, 15) is 0 Å². The first-order chi connectivity index (χ1) is 25.3. The van der Waals surface area contributed by atoms with Crippen LogP contribution in [0.2, 0.25) is 0 Å². The minimum Gasteiger partial charge on any atom is -0.510 e. The molecule has 53 heavy (non-hydrogen) atoms. The summed E-state index contributed by atoms with van der Waals surface area (Å²) in [6.45, 7) is 11.3. The molecule has 0 amide bonds. The molecule has 3 atom stereocenters. The molecule has 2 saturated carbocycles. The second-order valence-corrected chi connectivity index (χ2v) is 15.4. The number of hydrogen-bond donors (Lipinski definition) is 0. The maximum atomic E-state index is 6.02. The third kappa shape index (κ3) is 7.61. The molecular weight excluding hydrogens is 833 g/mol. The Hall–Kier alpha value is -4.19. The van der Waals surface area contributed by atoms with Crippen LogP contribution in [0.3, 0.4) is 0 Å². The van der Waals surface area contributed by atoms with E-state index in [-0.39, 0.29) is 20.1 Å².